The van der Waals surface area contributed by atoms with Crippen molar-refractivity contribution in [3.8, 4) is 0 Å². The van der Waals surface area contributed by atoms with Crippen LogP contribution in [-0.2, 0) is 0 Å². The van der Waals surface area contributed by atoms with E-state index in [0.717, 1.165) is 6.42 Å². The van der Waals surface area contributed by atoms with Gasteiger partial charge in [0.25, 0.3) is 5.91 Å². The molecule has 0 saturated carbocycles. The van der Waals surface area contributed by atoms with Gasteiger partial charge in [0, 0.05) is 18.1 Å². The van der Waals surface area contributed by atoms with E-state index in [9.17, 15) is 9.18 Å². The normalized spacial score (nSPS) is 15.2. The van der Waals surface area contributed by atoms with Gasteiger partial charge in [-0.2, -0.15) is 0 Å². The van der Waals surface area contributed by atoms with Gasteiger partial charge in [0.1, 0.15) is 5.82 Å². The molecule has 0 saturated heterocycles. The predicted molar refractivity (Wildman–Crippen MR) is 61.1 cm³/mol. The second kappa shape index (κ2) is 4.66. The molecule has 0 aliphatic carbocycles. The lowest BCUT2D eigenvalue weighted by molar-refractivity contribution is 0.0766. The molecule has 1 heterocycles. The molecule has 16 heavy (non-hydrogen) atoms. The van der Waals surface area contributed by atoms with Gasteiger partial charge in [-0.05, 0) is 24.6 Å². The molecule has 1 aliphatic heterocycles. The minimum Gasteiger partial charge on any atom is -0.335 e. The third-order valence-corrected chi connectivity index (χ3v) is 2.74. The first kappa shape index (κ1) is 11.1. The number of hydrogen-bond acceptors (Lipinski definition) is 1. The Morgan fingerprint density at radius 2 is 2.19 bits per heavy atom. The van der Waals surface area contributed by atoms with Gasteiger partial charge >= 0.3 is 0 Å². The molecule has 4 heteroatoms. The van der Waals surface area contributed by atoms with Gasteiger partial charge in [-0.3, -0.25) is 4.79 Å². The van der Waals surface area contributed by atoms with Gasteiger partial charge < -0.3 is 4.90 Å². The van der Waals surface area contributed by atoms with E-state index in [1.54, 1.807) is 4.90 Å². The van der Waals surface area contributed by atoms with Crippen molar-refractivity contribution < 1.29 is 9.18 Å². The Labute approximate surface area is 98.3 Å². The molecular weight excluding hydrogens is 229 g/mol. The number of nitrogens with zero attached hydrogens (tertiary/aromatic N) is 1. The van der Waals surface area contributed by atoms with Crippen LogP contribution in [0.4, 0.5) is 4.39 Å². The van der Waals surface area contributed by atoms with Crippen molar-refractivity contribution in [2.75, 3.05) is 13.1 Å². The molecule has 2 rings (SSSR count). The second-order valence-corrected chi connectivity index (χ2v) is 4.07. The minimum absolute atomic E-state index is 0.0443. The van der Waals surface area contributed by atoms with E-state index in [1.807, 2.05) is 12.2 Å². The van der Waals surface area contributed by atoms with Crippen molar-refractivity contribution in [3.05, 3.63) is 46.8 Å². The molecule has 0 unspecified atom stereocenters. The van der Waals surface area contributed by atoms with Crippen LogP contribution in [0.2, 0.25) is 5.02 Å². The van der Waals surface area contributed by atoms with E-state index in [-0.39, 0.29) is 11.5 Å². The Kier molecular flexibility index (Phi) is 3.25. The van der Waals surface area contributed by atoms with Crippen LogP contribution < -0.4 is 0 Å². The van der Waals surface area contributed by atoms with Crippen molar-refractivity contribution in [2.45, 2.75) is 6.42 Å². The van der Waals surface area contributed by atoms with Gasteiger partial charge in [0.15, 0.2) is 0 Å². The van der Waals surface area contributed by atoms with Crippen LogP contribution in [0.1, 0.15) is 16.8 Å². The fraction of sp³-hybridized carbons (Fsp3) is 0.250. The Morgan fingerprint density at radius 3 is 2.88 bits per heavy atom. The average Bonchev–Trinajstić information content (AvgIpc) is 2.32. The number of rotatable bonds is 1. The van der Waals surface area contributed by atoms with Crippen LogP contribution in [0, 0.1) is 5.82 Å². The number of amides is 1. The highest BCUT2D eigenvalue weighted by Crippen LogP contribution is 2.17. The lowest BCUT2D eigenvalue weighted by Gasteiger charge is -2.23. The Bertz CT molecular complexity index is 445. The lowest BCUT2D eigenvalue weighted by Crippen LogP contribution is -2.34. The molecule has 1 aromatic rings. The van der Waals surface area contributed by atoms with Crippen LogP contribution in [-0.4, -0.2) is 23.9 Å². The van der Waals surface area contributed by atoms with E-state index in [1.165, 1.54) is 18.2 Å². The number of benzene rings is 1. The summed E-state index contributed by atoms with van der Waals surface area (Å²) in [6, 6.07) is 4.02. The highest BCUT2D eigenvalue weighted by Gasteiger charge is 2.19. The maximum absolute atomic E-state index is 13.5. The summed E-state index contributed by atoms with van der Waals surface area (Å²) in [5.74, 6) is -0.826. The van der Waals surface area contributed by atoms with E-state index < -0.39 is 5.82 Å². The van der Waals surface area contributed by atoms with E-state index in [0.29, 0.717) is 18.1 Å². The van der Waals surface area contributed by atoms with E-state index in [4.69, 9.17) is 11.6 Å². The SMILES string of the molecule is O=C(c1cc(Cl)ccc1F)N1CC=CCC1. The molecule has 0 fully saturated rings. The standard InChI is InChI=1S/C12H11ClFNO/c13-9-4-5-11(14)10(8-9)12(16)15-6-2-1-3-7-15/h1-2,4-5,8H,3,6-7H2. The van der Waals surface area contributed by atoms with Crippen molar-refractivity contribution in [2.24, 2.45) is 0 Å². The summed E-state index contributed by atoms with van der Waals surface area (Å²) in [6.07, 6.45) is 4.73. The zero-order chi connectivity index (χ0) is 11.5. The zero-order valence-electron chi connectivity index (χ0n) is 8.62. The molecule has 0 atom stereocenters. The first-order valence-corrected chi connectivity index (χ1v) is 5.45. The number of carbonyl (C=O) groups is 1. The minimum atomic E-state index is -0.524. The van der Waals surface area contributed by atoms with Crippen LogP contribution in [0.15, 0.2) is 30.4 Å². The third-order valence-electron chi connectivity index (χ3n) is 2.50. The summed E-state index contributed by atoms with van der Waals surface area (Å²) in [4.78, 5) is 13.6. The lowest BCUT2D eigenvalue weighted by atomic mass is 10.1. The van der Waals surface area contributed by atoms with Crippen LogP contribution in [0.3, 0.4) is 0 Å². The summed E-state index contributed by atoms with van der Waals surface area (Å²) >= 11 is 5.75. The van der Waals surface area contributed by atoms with Crippen LogP contribution in [0.25, 0.3) is 0 Å². The Balaban J connectivity index is 2.26. The molecule has 1 aliphatic rings. The molecule has 0 aromatic heterocycles. The number of halogens is 2. The Morgan fingerprint density at radius 1 is 1.38 bits per heavy atom. The quantitative estimate of drug-likeness (QED) is 0.690. The molecule has 84 valence electrons. The number of carbonyl (C=O) groups excluding carboxylic acids is 1. The summed E-state index contributed by atoms with van der Waals surface area (Å²) in [7, 11) is 0. The van der Waals surface area contributed by atoms with Crippen LogP contribution >= 0.6 is 11.6 Å². The van der Waals surface area contributed by atoms with E-state index >= 15 is 0 Å². The predicted octanol–water partition coefficient (Wildman–Crippen LogP) is 2.88. The molecule has 2 nitrogen and oxygen atoms in total. The van der Waals surface area contributed by atoms with Gasteiger partial charge in [0.05, 0.1) is 5.56 Å². The van der Waals surface area contributed by atoms with Gasteiger partial charge in [0.2, 0.25) is 0 Å². The molecule has 0 spiro atoms. The summed E-state index contributed by atoms with van der Waals surface area (Å²) in [5.41, 5.74) is 0.0443. The summed E-state index contributed by atoms with van der Waals surface area (Å²) in [6.45, 7) is 1.16. The maximum Gasteiger partial charge on any atom is 0.257 e. The smallest absolute Gasteiger partial charge is 0.257 e. The third kappa shape index (κ3) is 2.25. The summed E-state index contributed by atoms with van der Waals surface area (Å²) < 4.78 is 13.5. The largest absolute Gasteiger partial charge is 0.335 e. The highest BCUT2D eigenvalue weighted by atomic mass is 35.5. The molecule has 0 bridgehead atoms. The molecular formula is C12H11ClFNO. The van der Waals surface area contributed by atoms with Crippen molar-refractivity contribution in [1.82, 2.24) is 4.90 Å². The van der Waals surface area contributed by atoms with Gasteiger partial charge in [-0.15, -0.1) is 0 Å². The Hall–Kier alpha value is -1.35. The first-order chi connectivity index (χ1) is 7.68. The van der Waals surface area contributed by atoms with Crippen molar-refractivity contribution in [1.29, 1.82) is 0 Å². The second-order valence-electron chi connectivity index (χ2n) is 3.64. The van der Waals surface area contributed by atoms with Crippen LogP contribution in [0.5, 0.6) is 0 Å². The van der Waals surface area contributed by atoms with Gasteiger partial charge in [-0.1, -0.05) is 23.8 Å². The molecule has 1 amide bonds. The zero-order valence-corrected chi connectivity index (χ0v) is 9.38. The van der Waals surface area contributed by atoms with Crippen molar-refractivity contribution in [3.63, 3.8) is 0 Å². The topological polar surface area (TPSA) is 20.3 Å². The average molecular weight is 240 g/mol. The van der Waals surface area contributed by atoms with Crippen molar-refractivity contribution >= 4 is 17.5 Å². The van der Waals surface area contributed by atoms with Gasteiger partial charge in [-0.25, -0.2) is 4.39 Å². The molecule has 0 N–H and O–H groups in total. The highest BCUT2D eigenvalue weighted by molar-refractivity contribution is 6.31. The molecule has 0 radical (unpaired) electrons. The van der Waals surface area contributed by atoms with E-state index in [2.05, 4.69) is 0 Å². The fourth-order valence-electron chi connectivity index (χ4n) is 1.66. The molecule has 1 aromatic carbocycles. The fourth-order valence-corrected chi connectivity index (χ4v) is 1.83. The monoisotopic (exact) mass is 239 g/mol. The maximum atomic E-state index is 13.5. The first-order valence-electron chi connectivity index (χ1n) is 5.08. The summed E-state index contributed by atoms with van der Waals surface area (Å²) in [5, 5.41) is 0.373. The number of hydrogen-bond donors (Lipinski definition) is 0.